The Kier molecular flexibility index (Phi) is 8.18. The molecule has 2 N–H and O–H groups in total. The number of rotatable bonds is 9. The maximum absolute atomic E-state index is 13.3. The van der Waals surface area contributed by atoms with E-state index in [1.807, 2.05) is 37.3 Å². The first kappa shape index (κ1) is 26.3. The molecule has 0 aromatic heterocycles. The van der Waals surface area contributed by atoms with Crippen LogP contribution in [0, 0.1) is 0 Å². The van der Waals surface area contributed by atoms with Crippen LogP contribution in [0.2, 0.25) is 0 Å². The van der Waals surface area contributed by atoms with Crippen molar-refractivity contribution in [2.75, 3.05) is 20.3 Å². The summed E-state index contributed by atoms with van der Waals surface area (Å²) >= 11 is 3.33. The van der Waals surface area contributed by atoms with Crippen LogP contribution < -0.4 is 9.47 Å². The number of carbonyl (C=O) groups is 2. The zero-order chi connectivity index (χ0) is 26.5. The number of ketones is 1. The molecule has 0 aliphatic carbocycles. The summed E-state index contributed by atoms with van der Waals surface area (Å²) in [6.07, 6.45) is 1.38. The number of Topliss-reactive ketones (excluding diaryl/α,β-unsaturated/α-hetero) is 1. The monoisotopic (exact) mass is 565 g/mol. The predicted molar refractivity (Wildman–Crippen MR) is 144 cm³/mol. The van der Waals surface area contributed by atoms with E-state index in [1.165, 1.54) is 12.0 Å². The number of aliphatic hydroxyl groups excluding tert-OH is 1. The van der Waals surface area contributed by atoms with Crippen molar-refractivity contribution in [3.05, 3.63) is 93.5 Å². The second-order valence-corrected chi connectivity index (χ2v) is 9.51. The van der Waals surface area contributed by atoms with Crippen LogP contribution in [0.5, 0.6) is 17.2 Å². The predicted octanol–water partition coefficient (Wildman–Crippen LogP) is 5.62. The Hall–Kier alpha value is -3.78. The van der Waals surface area contributed by atoms with E-state index in [0.717, 1.165) is 12.0 Å². The Balaban J connectivity index is 1.80. The normalized spacial score (nSPS) is 16.7. The quantitative estimate of drug-likeness (QED) is 0.199. The highest BCUT2D eigenvalue weighted by molar-refractivity contribution is 9.10. The number of benzene rings is 3. The number of likely N-dealkylation sites (tertiary alicyclic amines) is 1. The van der Waals surface area contributed by atoms with Gasteiger partial charge in [-0.25, -0.2) is 0 Å². The topological polar surface area (TPSA) is 96.3 Å². The van der Waals surface area contributed by atoms with Crippen molar-refractivity contribution in [3.8, 4) is 17.2 Å². The molecule has 0 spiro atoms. The van der Waals surface area contributed by atoms with Crippen LogP contribution in [0.15, 0.2) is 76.8 Å². The minimum atomic E-state index is -0.884. The van der Waals surface area contributed by atoms with Crippen LogP contribution >= 0.6 is 15.9 Å². The lowest BCUT2D eigenvalue weighted by Gasteiger charge is -2.26. The Morgan fingerprint density at radius 2 is 1.76 bits per heavy atom. The Morgan fingerprint density at radius 3 is 2.41 bits per heavy atom. The molecule has 8 heteroatoms. The molecule has 0 saturated carbocycles. The second-order valence-electron chi connectivity index (χ2n) is 8.65. The maximum atomic E-state index is 13.3. The fraction of sp³-hybridized carbons (Fsp3) is 0.241. The van der Waals surface area contributed by atoms with E-state index in [2.05, 4.69) is 15.9 Å². The van der Waals surface area contributed by atoms with E-state index in [1.54, 1.807) is 36.4 Å². The first-order chi connectivity index (χ1) is 17.8. The number of phenolic OH excluding ortho intramolecular Hbond substituents is 1. The number of hydrogen-bond donors (Lipinski definition) is 2. The fourth-order valence-electron chi connectivity index (χ4n) is 4.34. The van der Waals surface area contributed by atoms with Crippen LogP contribution in [0.3, 0.4) is 0 Å². The van der Waals surface area contributed by atoms with Gasteiger partial charge in [-0.1, -0.05) is 37.3 Å². The van der Waals surface area contributed by atoms with Gasteiger partial charge in [0.15, 0.2) is 11.5 Å². The highest BCUT2D eigenvalue weighted by Crippen LogP contribution is 2.44. The van der Waals surface area contributed by atoms with Crippen LogP contribution in [-0.2, 0) is 16.0 Å². The highest BCUT2D eigenvalue weighted by atomic mass is 79.9. The summed E-state index contributed by atoms with van der Waals surface area (Å²) in [6, 6.07) is 18.7. The molecule has 1 aliphatic rings. The first-order valence-corrected chi connectivity index (χ1v) is 12.8. The van der Waals surface area contributed by atoms with Crippen molar-refractivity contribution >= 4 is 33.4 Å². The number of aliphatic hydroxyl groups is 1. The Morgan fingerprint density at radius 1 is 1.05 bits per heavy atom. The van der Waals surface area contributed by atoms with Gasteiger partial charge in [0.1, 0.15) is 11.5 Å². The molecule has 4 rings (SSSR count). The summed E-state index contributed by atoms with van der Waals surface area (Å²) in [5.74, 6) is -1.04. The van der Waals surface area contributed by atoms with E-state index in [9.17, 15) is 19.8 Å². The molecule has 37 heavy (non-hydrogen) atoms. The summed E-state index contributed by atoms with van der Waals surface area (Å²) in [6.45, 7) is 2.82. The number of aromatic hydroxyl groups is 1. The van der Waals surface area contributed by atoms with Crippen LogP contribution in [0.4, 0.5) is 0 Å². The molecule has 1 fully saturated rings. The van der Waals surface area contributed by atoms with Crippen molar-refractivity contribution < 1.29 is 29.3 Å². The van der Waals surface area contributed by atoms with Gasteiger partial charge in [0.25, 0.3) is 11.7 Å². The number of ether oxygens (including phenoxy) is 2. The van der Waals surface area contributed by atoms with Crippen LogP contribution in [0.1, 0.15) is 36.1 Å². The van der Waals surface area contributed by atoms with Gasteiger partial charge in [-0.3, -0.25) is 9.59 Å². The van der Waals surface area contributed by atoms with Crippen molar-refractivity contribution in [2.45, 2.75) is 25.8 Å². The van der Waals surface area contributed by atoms with Gasteiger partial charge in [0, 0.05) is 12.1 Å². The lowest BCUT2D eigenvalue weighted by atomic mass is 9.94. The zero-order valence-corrected chi connectivity index (χ0v) is 22.2. The molecule has 1 heterocycles. The maximum Gasteiger partial charge on any atom is 0.295 e. The molecule has 3 aromatic rings. The largest absolute Gasteiger partial charge is 0.507 e. The average molecular weight is 566 g/mol. The molecule has 1 atom stereocenters. The number of hydrogen-bond acceptors (Lipinski definition) is 6. The summed E-state index contributed by atoms with van der Waals surface area (Å²) in [5.41, 5.74) is 1.88. The van der Waals surface area contributed by atoms with E-state index in [-0.39, 0.29) is 29.4 Å². The van der Waals surface area contributed by atoms with Crippen molar-refractivity contribution in [1.82, 2.24) is 4.90 Å². The lowest BCUT2D eigenvalue weighted by molar-refractivity contribution is -0.139. The molecule has 3 aromatic carbocycles. The molecule has 1 unspecified atom stereocenters. The van der Waals surface area contributed by atoms with Gasteiger partial charge in [-0.05, 0) is 76.3 Å². The van der Waals surface area contributed by atoms with E-state index in [0.29, 0.717) is 34.4 Å². The van der Waals surface area contributed by atoms with Crippen molar-refractivity contribution in [2.24, 2.45) is 0 Å². The average Bonchev–Trinajstić information content (AvgIpc) is 3.17. The Labute approximate surface area is 224 Å². The van der Waals surface area contributed by atoms with Crippen molar-refractivity contribution in [3.63, 3.8) is 0 Å². The van der Waals surface area contributed by atoms with E-state index in [4.69, 9.17) is 9.47 Å². The van der Waals surface area contributed by atoms with Gasteiger partial charge >= 0.3 is 0 Å². The van der Waals surface area contributed by atoms with Gasteiger partial charge in [0.05, 0.1) is 29.8 Å². The lowest BCUT2D eigenvalue weighted by Crippen LogP contribution is -2.31. The smallest absolute Gasteiger partial charge is 0.295 e. The molecule has 0 bridgehead atoms. The number of halogens is 1. The van der Waals surface area contributed by atoms with Gasteiger partial charge in [0.2, 0.25) is 0 Å². The first-order valence-electron chi connectivity index (χ1n) is 12.0. The summed E-state index contributed by atoms with van der Waals surface area (Å²) in [4.78, 5) is 28.0. The number of carbonyl (C=O) groups excluding carboxylic acids is 2. The minimum Gasteiger partial charge on any atom is -0.507 e. The molecular weight excluding hydrogens is 538 g/mol. The molecule has 7 nitrogen and oxygen atoms in total. The summed E-state index contributed by atoms with van der Waals surface area (Å²) in [7, 11) is 1.42. The standard InChI is InChI=1S/C29H28BrNO6/c1-3-15-37-21-11-9-19(10-12-21)26(32)24-25(20-16-22(30)27(33)23(17-20)36-2)31(29(35)28(24)34)14-13-18-7-5-4-6-8-18/h4-12,16-17,25,32-33H,3,13-15H2,1-2H3/b26-24+. The molecule has 1 aliphatic heterocycles. The molecule has 192 valence electrons. The highest BCUT2D eigenvalue weighted by Gasteiger charge is 2.46. The van der Waals surface area contributed by atoms with Gasteiger partial charge in [-0.15, -0.1) is 0 Å². The third-order valence-electron chi connectivity index (χ3n) is 6.21. The molecule has 1 saturated heterocycles. The number of nitrogens with zero attached hydrogens (tertiary/aromatic N) is 1. The number of methoxy groups -OCH3 is 1. The number of phenols is 1. The summed E-state index contributed by atoms with van der Waals surface area (Å²) in [5, 5.41) is 21.6. The van der Waals surface area contributed by atoms with Crippen LogP contribution in [0.25, 0.3) is 5.76 Å². The molecular formula is C29H28BrNO6. The minimum absolute atomic E-state index is 0.0278. The Bertz CT molecular complexity index is 1320. The SMILES string of the molecule is CCCOc1ccc(/C(O)=C2\C(=O)C(=O)N(CCc3ccccc3)C2c2cc(Br)c(O)c(OC)c2)cc1. The molecule has 1 amide bonds. The second kappa shape index (κ2) is 11.5. The van der Waals surface area contributed by atoms with E-state index < -0.39 is 17.7 Å². The van der Waals surface area contributed by atoms with Gasteiger partial charge < -0.3 is 24.6 Å². The number of amides is 1. The fourth-order valence-corrected chi connectivity index (χ4v) is 4.80. The third-order valence-corrected chi connectivity index (χ3v) is 6.82. The van der Waals surface area contributed by atoms with Gasteiger partial charge in [-0.2, -0.15) is 0 Å². The molecule has 0 radical (unpaired) electrons. The van der Waals surface area contributed by atoms with Crippen LogP contribution in [-0.4, -0.2) is 47.1 Å². The van der Waals surface area contributed by atoms with E-state index >= 15 is 0 Å². The summed E-state index contributed by atoms with van der Waals surface area (Å²) < 4.78 is 11.3. The zero-order valence-electron chi connectivity index (χ0n) is 20.6. The van der Waals surface area contributed by atoms with Crippen molar-refractivity contribution in [1.29, 1.82) is 0 Å². The third kappa shape index (κ3) is 5.49.